The van der Waals surface area contributed by atoms with Crippen LogP contribution in [0.4, 0.5) is 0 Å². The molecule has 6 nitrogen and oxygen atoms in total. The van der Waals surface area contributed by atoms with Gasteiger partial charge in [-0.05, 0) is 0 Å². The van der Waals surface area contributed by atoms with Crippen molar-refractivity contribution in [1.29, 1.82) is 0 Å². The Kier molecular flexibility index (Phi) is 9.40. The van der Waals surface area contributed by atoms with Crippen molar-refractivity contribution in [3.05, 3.63) is 10.4 Å². The van der Waals surface area contributed by atoms with Gasteiger partial charge in [0.25, 0.3) is 0 Å². The Hall–Kier alpha value is 0.490. The number of rotatable bonds is 8. The first-order valence-corrected chi connectivity index (χ1v) is 7.26. The quantitative estimate of drug-likeness (QED) is 0.154. The molecule has 0 saturated heterocycles. The van der Waals surface area contributed by atoms with Crippen LogP contribution in [0.15, 0.2) is 0 Å². The van der Waals surface area contributed by atoms with Gasteiger partial charge < -0.3 is 0 Å². The number of nitrogens with one attached hydrogen (secondary N) is 2. The van der Waals surface area contributed by atoms with E-state index in [9.17, 15) is 10.4 Å². The molecular formula is C6H16IN2O4-. The van der Waals surface area contributed by atoms with Crippen LogP contribution in [0.2, 0.25) is 0 Å². The van der Waals surface area contributed by atoms with E-state index in [2.05, 4.69) is 0 Å². The second kappa shape index (κ2) is 9.06. The van der Waals surface area contributed by atoms with Crippen molar-refractivity contribution in [2.24, 2.45) is 0 Å². The topological polar surface area (TPSA) is 73.5 Å². The van der Waals surface area contributed by atoms with E-state index < -0.39 is 21.5 Å². The summed E-state index contributed by atoms with van der Waals surface area (Å²) < 4.78 is -0.111. The van der Waals surface area contributed by atoms with Gasteiger partial charge in [0.1, 0.15) is 0 Å². The molecule has 0 aromatic heterocycles. The zero-order valence-electron chi connectivity index (χ0n) is 7.84. The van der Waals surface area contributed by atoms with Gasteiger partial charge in [0.15, 0.2) is 0 Å². The van der Waals surface area contributed by atoms with Crippen molar-refractivity contribution in [3.63, 3.8) is 0 Å². The normalized spacial score (nSPS) is 16.0. The van der Waals surface area contributed by atoms with E-state index in [4.69, 9.17) is 9.68 Å². The standard InChI is InChI=1S/C6H16IN2O4/c1-3-8(10)12-5-4-6-13-9(11)7-2/h8-9H,3-6H2,1-2H3/q-1. The summed E-state index contributed by atoms with van der Waals surface area (Å²) in [6.45, 7) is 2.81. The fraction of sp³-hybridized carbons (Fsp3) is 1.00. The third kappa shape index (κ3) is 8.81. The van der Waals surface area contributed by atoms with Crippen LogP contribution < -0.4 is 30.1 Å². The Morgan fingerprint density at radius 1 is 1.23 bits per heavy atom. The molecule has 0 amide bonds. The molecule has 82 valence electrons. The van der Waals surface area contributed by atoms with E-state index in [0.717, 1.165) is 0 Å². The van der Waals surface area contributed by atoms with E-state index in [0.29, 0.717) is 26.2 Å². The van der Waals surface area contributed by atoms with Crippen molar-refractivity contribution < 1.29 is 39.8 Å². The maximum atomic E-state index is 10.7. The summed E-state index contributed by atoms with van der Waals surface area (Å²) in [5, 5.41) is 21.1. The average molecular weight is 307 g/mol. The number of hydroxylamine groups is 2. The molecule has 13 heavy (non-hydrogen) atoms. The molecule has 0 aromatic rings. The fourth-order valence-corrected chi connectivity index (χ4v) is 1.09. The Bertz CT molecular complexity index is 107. The Morgan fingerprint density at radius 3 is 2.38 bits per heavy atom. The molecule has 0 fully saturated rings. The van der Waals surface area contributed by atoms with Crippen LogP contribution in [-0.2, 0) is 9.68 Å². The van der Waals surface area contributed by atoms with Crippen LogP contribution in [0.3, 0.4) is 0 Å². The first-order valence-electron chi connectivity index (χ1n) is 4.02. The summed E-state index contributed by atoms with van der Waals surface area (Å²) in [5.74, 6) is 0. The van der Waals surface area contributed by atoms with Crippen LogP contribution in [0, 0.1) is 10.4 Å². The van der Waals surface area contributed by atoms with Crippen molar-refractivity contribution in [2.45, 2.75) is 13.3 Å². The van der Waals surface area contributed by atoms with Gasteiger partial charge in [0, 0.05) is 0 Å². The molecule has 0 rings (SSSR count). The van der Waals surface area contributed by atoms with Crippen LogP contribution in [-0.4, -0.2) is 24.7 Å². The zero-order chi connectivity index (χ0) is 10.1. The minimum atomic E-state index is -0.463. The molecule has 0 heterocycles. The summed E-state index contributed by atoms with van der Waals surface area (Å²) in [7, 11) is 0. The molecule has 0 saturated carbocycles. The fourth-order valence-electron chi connectivity index (χ4n) is 0.554. The van der Waals surface area contributed by atoms with Gasteiger partial charge in [-0.25, -0.2) is 0 Å². The van der Waals surface area contributed by atoms with E-state index >= 15 is 0 Å². The van der Waals surface area contributed by atoms with E-state index in [-0.39, 0.29) is 8.67 Å². The van der Waals surface area contributed by atoms with Crippen molar-refractivity contribution in [2.75, 3.05) is 24.7 Å². The van der Waals surface area contributed by atoms with Crippen molar-refractivity contribution >= 4 is 0 Å². The molecule has 0 radical (unpaired) electrons. The van der Waals surface area contributed by atoms with E-state index in [1.165, 1.54) is 0 Å². The van der Waals surface area contributed by atoms with Crippen LogP contribution in [0.5, 0.6) is 0 Å². The van der Waals surface area contributed by atoms with Gasteiger partial charge in [-0.2, -0.15) is 0 Å². The Balaban J connectivity index is 3.08. The van der Waals surface area contributed by atoms with Gasteiger partial charge in [-0.15, -0.1) is 0 Å². The zero-order valence-corrected chi connectivity index (χ0v) is 10.00. The maximum absolute atomic E-state index is 10.7. The Labute approximate surface area is 88.5 Å². The molecule has 2 unspecified atom stereocenters. The second-order valence-electron chi connectivity index (χ2n) is 2.20. The predicted octanol–water partition coefficient (Wildman–Crippen LogP) is -5.34. The molecule has 0 aliphatic rings. The average Bonchev–Trinajstić information content (AvgIpc) is 2.16. The molecule has 7 heteroatoms. The van der Waals surface area contributed by atoms with Crippen molar-refractivity contribution in [3.8, 4) is 0 Å². The summed E-state index contributed by atoms with van der Waals surface area (Å²) in [4.78, 5) is 11.5. The Morgan fingerprint density at radius 2 is 1.85 bits per heavy atom. The third-order valence-corrected chi connectivity index (χ3v) is 2.40. The number of quaternary nitrogens is 2. The van der Waals surface area contributed by atoms with E-state index in [1.54, 1.807) is 6.92 Å². The van der Waals surface area contributed by atoms with Gasteiger partial charge in [0.05, 0.1) is 0 Å². The second-order valence-corrected chi connectivity index (χ2v) is 4.16. The summed E-state index contributed by atoms with van der Waals surface area (Å²) in [5.41, 5.74) is 0. The first-order chi connectivity index (χ1) is 6.20. The van der Waals surface area contributed by atoms with Crippen LogP contribution in [0.1, 0.15) is 13.3 Å². The molecule has 0 aliphatic heterocycles. The minimum absolute atomic E-state index is 0.111. The molecule has 0 spiro atoms. The number of halogens is 1. The summed E-state index contributed by atoms with van der Waals surface area (Å²) >= 11 is -0.463. The SMILES string of the molecule is CC[NH+]([O-])OCCCO[NH+]([O-])[I-]C. The molecule has 0 bridgehead atoms. The van der Waals surface area contributed by atoms with Gasteiger partial charge in [0.2, 0.25) is 0 Å². The predicted molar refractivity (Wildman–Crippen MR) is 41.6 cm³/mol. The molecule has 0 aliphatic carbocycles. The van der Waals surface area contributed by atoms with Gasteiger partial charge in [-0.1, -0.05) is 0 Å². The summed E-state index contributed by atoms with van der Waals surface area (Å²) in [6, 6.07) is 0. The molecule has 2 N–H and O–H groups in total. The third-order valence-electron chi connectivity index (χ3n) is 1.21. The summed E-state index contributed by atoms with van der Waals surface area (Å²) in [6.07, 6.45) is 0.585. The molecular weight excluding hydrogens is 291 g/mol. The van der Waals surface area contributed by atoms with Crippen LogP contribution in [0.25, 0.3) is 0 Å². The van der Waals surface area contributed by atoms with Crippen LogP contribution >= 0.6 is 0 Å². The number of hydrogen-bond donors (Lipinski definition) is 2. The van der Waals surface area contributed by atoms with Gasteiger partial charge >= 0.3 is 88.3 Å². The first kappa shape index (κ1) is 13.5. The number of alkyl halides is 1. The molecule has 2 atom stereocenters. The van der Waals surface area contributed by atoms with Gasteiger partial charge in [-0.3, -0.25) is 0 Å². The number of hydrogen-bond acceptors (Lipinski definition) is 4. The van der Waals surface area contributed by atoms with E-state index in [1.807, 2.05) is 4.93 Å². The monoisotopic (exact) mass is 307 g/mol. The van der Waals surface area contributed by atoms with Crippen molar-refractivity contribution in [1.82, 2.24) is 0 Å². The molecule has 0 aromatic carbocycles.